The van der Waals surface area contributed by atoms with E-state index < -0.39 is 7.38 Å². The van der Waals surface area contributed by atoms with E-state index in [4.69, 9.17) is 11.1 Å². The summed E-state index contributed by atoms with van der Waals surface area (Å²) in [6.07, 6.45) is 17.0. The molecule has 0 nitrogen and oxygen atoms in total. The van der Waals surface area contributed by atoms with Crippen molar-refractivity contribution in [1.82, 2.24) is 0 Å². The van der Waals surface area contributed by atoms with E-state index in [9.17, 15) is 0 Å². The van der Waals surface area contributed by atoms with Crippen LogP contribution in [-0.4, -0.2) is 7.38 Å². The zero-order chi connectivity index (χ0) is 13.0. The summed E-state index contributed by atoms with van der Waals surface area (Å²) in [6.45, 7) is 4.63. The molecule has 0 aromatic carbocycles. The van der Waals surface area contributed by atoms with E-state index in [1.165, 1.54) is 57.8 Å². The van der Waals surface area contributed by atoms with Gasteiger partial charge in [0.15, 0.2) is 7.38 Å². The van der Waals surface area contributed by atoms with Gasteiger partial charge in [0.05, 0.1) is 0 Å². The van der Waals surface area contributed by atoms with Gasteiger partial charge in [-0.1, -0.05) is 31.7 Å². The highest BCUT2D eigenvalue weighted by atomic mass is 35.6. The largest absolute Gasteiger partial charge is 0.167 e. The number of allylic oxidation sites excluding steroid dienone is 4. The van der Waals surface area contributed by atoms with Gasteiger partial charge in [0.25, 0.3) is 0 Å². The molecule has 0 N–H and O–H groups in total. The predicted octanol–water partition coefficient (Wildman–Crippen LogP) is 6.19. The molecular weight excluding hydrogens is 256 g/mol. The lowest BCUT2D eigenvalue weighted by Crippen LogP contribution is -2.24. The molecule has 102 valence electrons. The molecule has 0 heterocycles. The van der Waals surface area contributed by atoms with E-state index in [-0.39, 0.29) is 0 Å². The zero-order valence-corrected chi connectivity index (χ0v) is 13.7. The average Bonchev–Trinajstić information content (AvgIpc) is 2.70. The van der Waals surface area contributed by atoms with Crippen molar-refractivity contribution in [2.45, 2.75) is 76.4 Å². The minimum absolute atomic E-state index is 0.805. The second kappa shape index (κ2) is 6.43. The molecule has 0 aromatic heterocycles. The van der Waals surface area contributed by atoms with Crippen LogP contribution in [0.5, 0.6) is 0 Å². The smallest absolute Gasteiger partial charge is 0.153 e. The van der Waals surface area contributed by atoms with E-state index in [0.29, 0.717) is 0 Å². The molecule has 0 saturated heterocycles. The average molecular weight is 283 g/mol. The van der Waals surface area contributed by atoms with Crippen molar-refractivity contribution in [3.05, 3.63) is 23.3 Å². The van der Waals surface area contributed by atoms with Crippen LogP contribution in [-0.2, 0) is 0 Å². The SMILES string of the molecule is C[Si](C)(Cl)C1CCC=C(C2=CCCCCC2)CC1. The molecule has 0 spiro atoms. The van der Waals surface area contributed by atoms with Crippen molar-refractivity contribution >= 4 is 18.5 Å². The summed E-state index contributed by atoms with van der Waals surface area (Å²) < 4.78 is 0. The molecule has 1 unspecified atom stereocenters. The Labute approximate surface area is 118 Å². The fraction of sp³-hybridized carbons (Fsp3) is 0.750. The predicted molar refractivity (Wildman–Crippen MR) is 84.8 cm³/mol. The summed E-state index contributed by atoms with van der Waals surface area (Å²) in [6, 6.07) is 0. The molecule has 0 aliphatic heterocycles. The van der Waals surface area contributed by atoms with Gasteiger partial charge in [0.2, 0.25) is 0 Å². The van der Waals surface area contributed by atoms with Crippen LogP contribution in [0, 0.1) is 0 Å². The highest BCUT2D eigenvalue weighted by Gasteiger charge is 2.30. The first-order valence-corrected chi connectivity index (χ1v) is 11.7. The molecule has 0 aromatic rings. The highest BCUT2D eigenvalue weighted by molar-refractivity contribution is 7.19. The van der Waals surface area contributed by atoms with Gasteiger partial charge < -0.3 is 0 Å². The Bertz CT molecular complexity index is 335. The van der Waals surface area contributed by atoms with Gasteiger partial charge >= 0.3 is 0 Å². The summed E-state index contributed by atoms with van der Waals surface area (Å²) in [5, 5.41) is 0. The molecule has 2 aliphatic carbocycles. The Morgan fingerprint density at radius 2 is 1.67 bits per heavy atom. The molecular formula is C16H27ClSi. The first-order valence-electron chi connectivity index (χ1n) is 7.65. The van der Waals surface area contributed by atoms with Crippen LogP contribution in [0.2, 0.25) is 18.6 Å². The Hall–Kier alpha value is -0.0131. The Kier molecular flexibility index (Phi) is 5.14. The molecule has 0 fully saturated rings. The Morgan fingerprint density at radius 3 is 2.44 bits per heavy atom. The van der Waals surface area contributed by atoms with Gasteiger partial charge in [0.1, 0.15) is 0 Å². The normalized spacial score (nSPS) is 26.9. The summed E-state index contributed by atoms with van der Waals surface area (Å²) >= 11 is 6.65. The molecule has 2 rings (SSSR count). The van der Waals surface area contributed by atoms with Crippen molar-refractivity contribution < 1.29 is 0 Å². The molecule has 18 heavy (non-hydrogen) atoms. The Balaban J connectivity index is 1.99. The summed E-state index contributed by atoms with van der Waals surface area (Å²) in [7, 11) is -1.46. The Morgan fingerprint density at radius 1 is 0.944 bits per heavy atom. The third-order valence-corrected chi connectivity index (χ3v) is 8.04. The summed E-state index contributed by atoms with van der Waals surface area (Å²) in [5.74, 6) is 0. The van der Waals surface area contributed by atoms with E-state index >= 15 is 0 Å². The number of hydrogen-bond donors (Lipinski definition) is 0. The van der Waals surface area contributed by atoms with Crippen molar-refractivity contribution in [2.24, 2.45) is 0 Å². The van der Waals surface area contributed by atoms with Gasteiger partial charge in [-0.15, -0.1) is 0 Å². The zero-order valence-electron chi connectivity index (χ0n) is 12.0. The molecule has 0 amide bonds. The molecule has 0 saturated carbocycles. The van der Waals surface area contributed by atoms with Crippen molar-refractivity contribution in [2.75, 3.05) is 0 Å². The fourth-order valence-corrected chi connectivity index (χ4v) is 5.66. The second-order valence-corrected chi connectivity index (χ2v) is 13.3. The summed E-state index contributed by atoms with van der Waals surface area (Å²) in [4.78, 5) is 0. The lowest BCUT2D eigenvalue weighted by Gasteiger charge is -2.25. The van der Waals surface area contributed by atoms with Crippen LogP contribution in [0.3, 0.4) is 0 Å². The van der Waals surface area contributed by atoms with Crippen LogP contribution in [0.4, 0.5) is 0 Å². The quantitative estimate of drug-likeness (QED) is 0.418. The van der Waals surface area contributed by atoms with Crippen LogP contribution >= 0.6 is 11.1 Å². The molecule has 1 atom stereocenters. The number of hydrogen-bond acceptors (Lipinski definition) is 0. The standard InChI is InChI=1S/C16H27ClSi/c1-18(2,17)16-11-7-10-15(12-13-16)14-8-5-3-4-6-9-14/h8,10,16H,3-7,9,11-13H2,1-2H3. The third kappa shape index (κ3) is 3.99. The molecule has 2 heteroatoms. The fourth-order valence-electron chi connectivity index (χ4n) is 3.32. The van der Waals surface area contributed by atoms with E-state index in [1.807, 2.05) is 0 Å². The molecule has 0 bridgehead atoms. The number of rotatable bonds is 2. The molecule has 0 radical (unpaired) electrons. The van der Waals surface area contributed by atoms with Gasteiger partial charge in [0, 0.05) is 0 Å². The maximum atomic E-state index is 6.65. The van der Waals surface area contributed by atoms with Gasteiger partial charge in [-0.3, -0.25) is 0 Å². The van der Waals surface area contributed by atoms with Gasteiger partial charge in [-0.05, 0) is 68.1 Å². The van der Waals surface area contributed by atoms with Crippen LogP contribution < -0.4 is 0 Å². The van der Waals surface area contributed by atoms with Crippen molar-refractivity contribution in [3.8, 4) is 0 Å². The monoisotopic (exact) mass is 282 g/mol. The molecule has 2 aliphatic rings. The lowest BCUT2D eigenvalue weighted by atomic mass is 9.97. The van der Waals surface area contributed by atoms with Gasteiger partial charge in [-0.2, -0.15) is 11.1 Å². The first kappa shape index (κ1) is 14.4. The van der Waals surface area contributed by atoms with Gasteiger partial charge in [-0.25, -0.2) is 0 Å². The highest BCUT2D eigenvalue weighted by Crippen LogP contribution is 2.39. The van der Waals surface area contributed by atoms with E-state index in [2.05, 4.69) is 25.2 Å². The maximum absolute atomic E-state index is 6.65. The number of halogens is 1. The summed E-state index contributed by atoms with van der Waals surface area (Å²) in [5.41, 5.74) is 4.14. The van der Waals surface area contributed by atoms with Crippen LogP contribution in [0.1, 0.15) is 57.8 Å². The topological polar surface area (TPSA) is 0 Å². The first-order chi connectivity index (χ1) is 8.57. The van der Waals surface area contributed by atoms with Crippen molar-refractivity contribution in [1.29, 1.82) is 0 Å². The van der Waals surface area contributed by atoms with Crippen LogP contribution in [0.15, 0.2) is 23.3 Å². The minimum Gasteiger partial charge on any atom is -0.167 e. The van der Waals surface area contributed by atoms with E-state index in [0.717, 1.165) is 5.54 Å². The van der Waals surface area contributed by atoms with Crippen LogP contribution in [0.25, 0.3) is 0 Å². The van der Waals surface area contributed by atoms with E-state index in [1.54, 1.807) is 11.1 Å². The second-order valence-electron chi connectivity index (χ2n) is 6.44. The maximum Gasteiger partial charge on any atom is 0.153 e. The lowest BCUT2D eigenvalue weighted by molar-refractivity contribution is 0.686. The van der Waals surface area contributed by atoms with Crippen molar-refractivity contribution in [3.63, 3.8) is 0 Å². The minimum atomic E-state index is -1.46. The third-order valence-electron chi connectivity index (χ3n) is 4.59.